The lowest BCUT2D eigenvalue weighted by Crippen LogP contribution is -2.42. The number of hydrogen-bond donors (Lipinski definition) is 2. The Bertz CT molecular complexity index is 845. The standard InChI is InChI=1S/C20H25ClFN5O2/c1-27(15-6-3-13(4-7-15)23-11-20(28)29-2)19-10-18(24-12-25-19)26-14-5-8-17(22)16(21)9-14/h5,8-10,12-13,15,23H,3-4,6-7,11H2,1-2H3,(H,24,25,26)/t13-,15-. The van der Waals surface area contributed by atoms with E-state index in [9.17, 15) is 9.18 Å². The van der Waals surface area contributed by atoms with Crippen molar-refractivity contribution in [3.8, 4) is 0 Å². The van der Waals surface area contributed by atoms with Crippen LogP contribution in [0.1, 0.15) is 25.7 Å². The smallest absolute Gasteiger partial charge is 0.319 e. The Morgan fingerprint density at radius 3 is 2.72 bits per heavy atom. The summed E-state index contributed by atoms with van der Waals surface area (Å²) in [5.41, 5.74) is 0.654. The summed E-state index contributed by atoms with van der Waals surface area (Å²) < 4.78 is 18.0. The number of esters is 1. The van der Waals surface area contributed by atoms with Crippen molar-refractivity contribution in [2.24, 2.45) is 0 Å². The van der Waals surface area contributed by atoms with Crippen LogP contribution in [0.4, 0.5) is 21.7 Å². The molecule has 1 saturated carbocycles. The van der Waals surface area contributed by atoms with Crippen LogP contribution in [0, 0.1) is 5.82 Å². The summed E-state index contributed by atoms with van der Waals surface area (Å²) in [6.07, 6.45) is 5.46. The van der Waals surface area contributed by atoms with Crippen molar-refractivity contribution in [1.29, 1.82) is 0 Å². The third-order valence-electron chi connectivity index (χ3n) is 5.21. The van der Waals surface area contributed by atoms with Crippen LogP contribution in [0.25, 0.3) is 0 Å². The normalized spacial score (nSPS) is 18.9. The first-order valence-corrected chi connectivity index (χ1v) is 9.91. The van der Waals surface area contributed by atoms with Crippen LogP contribution < -0.4 is 15.5 Å². The number of aromatic nitrogens is 2. The molecule has 1 aliphatic carbocycles. The highest BCUT2D eigenvalue weighted by Gasteiger charge is 2.25. The molecule has 29 heavy (non-hydrogen) atoms. The molecular formula is C20H25ClFN5O2. The first kappa shape index (κ1) is 21.3. The molecule has 2 N–H and O–H groups in total. The molecule has 1 fully saturated rings. The predicted molar refractivity (Wildman–Crippen MR) is 111 cm³/mol. The van der Waals surface area contributed by atoms with Crippen molar-refractivity contribution in [2.75, 3.05) is 30.9 Å². The molecule has 0 aliphatic heterocycles. The van der Waals surface area contributed by atoms with Crippen LogP contribution in [0.15, 0.2) is 30.6 Å². The van der Waals surface area contributed by atoms with Gasteiger partial charge in [0.2, 0.25) is 0 Å². The molecule has 0 unspecified atom stereocenters. The fourth-order valence-electron chi connectivity index (χ4n) is 3.48. The Morgan fingerprint density at radius 1 is 1.28 bits per heavy atom. The summed E-state index contributed by atoms with van der Waals surface area (Å²) in [6.45, 7) is 0.246. The average molecular weight is 422 g/mol. The molecule has 1 aromatic heterocycles. The van der Waals surface area contributed by atoms with Crippen molar-refractivity contribution in [3.05, 3.63) is 41.4 Å². The molecule has 0 amide bonds. The maximum atomic E-state index is 13.3. The number of rotatable bonds is 7. The number of anilines is 3. The van der Waals surface area contributed by atoms with Gasteiger partial charge in [-0.05, 0) is 43.9 Å². The number of nitrogens with zero attached hydrogens (tertiary/aromatic N) is 3. The maximum Gasteiger partial charge on any atom is 0.319 e. The van der Waals surface area contributed by atoms with Crippen molar-refractivity contribution in [1.82, 2.24) is 15.3 Å². The van der Waals surface area contributed by atoms with Gasteiger partial charge in [0, 0.05) is 30.9 Å². The monoisotopic (exact) mass is 421 g/mol. The lowest BCUT2D eigenvalue weighted by Gasteiger charge is -2.35. The summed E-state index contributed by atoms with van der Waals surface area (Å²) in [6, 6.07) is 6.98. The molecule has 0 radical (unpaired) electrons. The Labute approximate surface area is 174 Å². The van der Waals surface area contributed by atoms with Gasteiger partial charge < -0.3 is 20.3 Å². The zero-order valence-electron chi connectivity index (χ0n) is 16.5. The average Bonchev–Trinajstić information content (AvgIpc) is 2.74. The van der Waals surface area contributed by atoms with Gasteiger partial charge in [-0.15, -0.1) is 0 Å². The van der Waals surface area contributed by atoms with Crippen molar-refractivity contribution < 1.29 is 13.9 Å². The largest absolute Gasteiger partial charge is 0.468 e. The molecule has 0 spiro atoms. The van der Waals surface area contributed by atoms with Crippen molar-refractivity contribution in [3.63, 3.8) is 0 Å². The van der Waals surface area contributed by atoms with E-state index in [1.165, 1.54) is 25.6 Å². The zero-order valence-corrected chi connectivity index (χ0v) is 17.2. The molecule has 1 aliphatic rings. The fourth-order valence-corrected chi connectivity index (χ4v) is 3.66. The second-order valence-electron chi connectivity index (χ2n) is 7.09. The fraction of sp³-hybridized carbons (Fsp3) is 0.450. The highest BCUT2D eigenvalue weighted by molar-refractivity contribution is 6.31. The number of carbonyl (C=O) groups excluding carboxylic acids is 1. The van der Waals surface area contributed by atoms with Crippen LogP contribution >= 0.6 is 11.6 Å². The van der Waals surface area contributed by atoms with Gasteiger partial charge >= 0.3 is 5.97 Å². The summed E-state index contributed by atoms with van der Waals surface area (Å²) >= 11 is 5.84. The van der Waals surface area contributed by atoms with E-state index in [1.54, 1.807) is 6.07 Å². The highest BCUT2D eigenvalue weighted by Crippen LogP contribution is 2.27. The van der Waals surface area contributed by atoms with E-state index < -0.39 is 5.82 Å². The summed E-state index contributed by atoms with van der Waals surface area (Å²) in [5, 5.41) is 6.43. The maximum absolute atomic E-state index is 13.3. The Hall–Kier alpha value is -2.45. The summed E-state index contributed by atoms with van der Waals surface area (Å²) in [4.78, 5) is 22.1. The molecule has 1 heterocycles. The molecule has 1 aromatic carbocycles. The van der Waals surface area contributed by atoms with Crippen LogP contribution in [0.5, 0.6) is 0 Å². The first-order chi connectivity index (χ1) is 14.0. The summed E-state index contributed by atoms with van der Waals surface area (Å²) in [7, 11) is 3.42. The predicted octanol–water partition coefficient (Wildman–Crippen LogP) is 3.52. The molecule has 2 aromatic rings. The van der Waals surface area contributed by atoms with Gasteiger partial charge in [0.1, 0.15) is 23.8 Å². The van der Waals surface area contributed by atoms with Gasteiger partial charge in [-0.2, -0.15) is 0 Å². The topological polar surface area (TPSA) is 79.4 Å². The van der Waals surface area contributed by atoms with Gasteiger partial charge in [0.25, 0.3) is 0 Å². The van der Waals surface area contributed by atoms with E-state index in [2.05, 4.69) is 30.2 Å². The minimum atomic E-state index is -0.461. The molecule has 0 atom stereocenters. The Kier molecular flexibility index (Phi) is 7.22. The number of hydrogen-bond acceptors (Lipinski definition) is 7. The van der Waals surface area contributed by atoms with Gasteiger partial charge in [-0.25, -0.2) is 14.4 Å². The lowest BCUT2D eigenvalue weighted by molar-refractivity contribution is -0.139. The van der Waals surface area contributed by atoms with Crippen LogP contribution in [-0.2, 0) is 9.53 Å². The minimum absolute atomic E-state index is 0.0546. The molecule has 9 heteroatoms. The van der Waals surface area contributed by atoms with Crippen LogP contribution in [0.2, 0.25) is 5.02 Å². The Morgan fingerprint density at radius 2 is 2.03 bits per heavy atom. The second-order valence-corrected chi connectivity index (χ2v) is 7.50. The number of ether oxygens (including phenoxy) is 1. The minimum Gasteiger partial charge on any atom is -0.468 e. The van der Waals surface area contributed by atoms with E-state index >= 15 is 0 Å². The Balaban J connectivity index is 1.57. The molecule has 156 valence electrons. The molecule has 0 bridgehead atoms. The van der Waals surface area contributed by atoms with Crippen LogP contribution in [0.3, 0.4) is 0 Å². The number of carbonyl (C=O) groups is 1. The quantitative estimate of drug-likeness (QED) is 0.662. The van der Waals surface area contributed by atoms with Crippen molar-refractivity contribution in [2.45, 2.75) is 37.8 Å². The van der Waals surface area contributed by atoms with Crippen molar-refractivity contribution >= 4 is 34.9 Å². The molecule has 0 saturated heterocycles. The molecular weight excluding hydrogens is 397 g/mol. The molecule has 3 rings (SSSR count). The molecule has 7 nitrogen and oxygen atoms in total. The SMILES string of the molecule is COC(=O)CN[C@H]1CC[C@H](N(C)c2cc(Nc3ccc(F)c(Cl)c3)ncn2)CC1. The number of methoxy groups -OCH3 is 1. The number of benzene rings is 1. The van der Waals surface area contributed by atoms with Gasteiger partial charge in [0.15, 0.2) is 0 Å². The third-order valence-corrected chi connectivity index (χ3v) is 5.50. The number of nitrogens with one attached hydrogen (secondary N) is 2. The van der Waals surface area contributed by atoms with E-state index in [4.69, 9.17) is 11.6 Å². The van der Waals surface area contributed by atoms with Crippen LogP contribution in [-0.4, -0.2) is 48.7 Å². The van der Waals surface area contributed by atoms with E-state index in [0.29, 0.717) is 23.6 Å². The van der Waals surface area contributed by atoms with Gasteiger partial charge in [-0.1, -0.05) is 11.6 Å². The highest BCUT2D eigenvalue weighted by atomic mass is 35.5. The zero-order chi connectivity index (χ0) is 20.8. The van der Waals surface area contributed by atoms with E-state index in [1.807, 2.05) is 13.1 Å². The van der Waals surface area contributed by atoms with E-state index in [0.717, 1.165) is 31.5 Å². The third kappa shape index (κ3) is 5.77. The summed E-state index contributed by atoms with van der Waals surface area (Å²) in [5.74, 6) is 0.712. The lowest BCUT2D eigenvalue weighted by atomic mass is 9.90. The van der Waals surface area contributed by atoms with Gasteiger partial charge in [0.05, 0.1) is 18.7 Å². The second kappa shape index (κ2) is 9.84. The number of halogens is 2. The van der Waals surface area contributed by atoms with Gasteiger partial charge in [-0.3, -0.25) is 4.79 Å². The first-order valence-electron chi connectivity index (χ1n) is 9.53. The van der Waals surface area contributed by atoms with E-state index in [-0.39, 0.29) is 17.5 Å².